The molecule has 4 aliphatic rings. The highest BCUT2D eigenvalue weighted by molar-refractivity contribution is 5.47. The maximum absolute atomic E-state index is 5.71. The van der Waals surface area contributed by atoms with Crippen LogP contribution < -0.4 is 10.1 Å². The second-order valence-corrected chi connectivity index (χ2v) is 7.50. The maximum Gasteiger partial charge on any atom is 0.123 e. The topological polar surface area (TPSA) is 33.7 Å². The van der Waals surface area contributed by atoms with Crippen LogP contribution in [-0.2, 0) is 11.2 Å². The van der Waals surface area contributed by atoms with Gasteiger partial charge < -0.3 is 19.7 Å². The molecule has 0 unspecified atom stereocenters. The van der Waals surface area contributed by atoms with E-state index in [-0.39, 0.29) is 5.92 Å². The van der Waals surface area contributed by atoms with Crippen molar-refractivity contribution in [3.63, 3.8) is 0 Å². The molecule has 4 nitrogen and oxygen atoms in total. The van der Waals surface area contributed by atoms with E-state index in [2.05, 4.69) is 47.6 Å². The predicted octanol–water partition coefficient (Wildman–Crippen LogP) is 2.86. The molecule has 3 aliphatic heterocycles. The van der Waals surface area contributed by atoms with Crippen LogP contribution in [0.15, 0.2) is 41.7 Å². The molecule has 4 heteroatoms. The van der Waals surface area contributed by atoms with Crippen LogP contribution in [0.1, 0.15) is 29.9 Å². The molecule has 1 aliphatic carbocycles. The molecule has 1 aromatic rings. The smallest absolute Gasteiger partial charge is 0.123 e. The van der Waals surface area contributed by atoms with Gasteiger partial charge in [0.15, 0.2) is 0 Å². The Morgan fingerprint density at radius 1 is 1.16 bits per heavy atom. The molecule has 1 saturated heterocycles. The van der Waals surface area contributed by atoms with Crippen LogP contribution in [0.3, 0.4) is 0 Å². The fourth-order valence-electron chi connectivity index (χ4n) is 4.48. The molecule has 3 heterocycles. The Hall–Kier alpha value is -1.78. The summed E-state index contributed by atoms with van der Waals surface area (Å²) in [7, 11) is 5.79. The molecule has 6 bridgehead atoms. The van der Waals surface area contributed by atoms with E-state index in [0.717, 1.165) is 43.9 Å². The van der Waals surface area contributed by atoms with Crippen molar-refractivity contribution in [2.24, 2.45) is 0 Å². The lowest BCUT2D eigenvalue weighted by atomic mass is 9.84. The molecule has 1 N–H and O–H groups in total. The molecule has 25 heavy (non-hydrogen) atoms. The van der Waals surface area contributed by atoms with Gasteiger partial charge in [0.2, 0.25) is 0 Å². The first-order valence-electron chi connectivity index (χ1n) is 9.22. The highest BCUT2D eigenvalue weighted by Crippen LogP contribution is 2.39. The van der Waals surface area contributed by atoms with E-state index >= 15 is 0 Å². The lowest BCUT2D eigenvalue weighted by Gasteiger charge is -2.39. The first-order chi connectivity index (χ1) is 12.2. The summed E-state index contributed by atoms with van der Waals surface area (Å²) in [6, 6.07) is 7.72. The molecule has 0 radical (unpaired) electrons. The summed E-state index contributed by atoms with van der Waals surface area (Å²) < 4.78 is 11.4. The van der Waals surface area contributed by atoms with Crippen molar-refractivity contribution in [3.05, 3.63) is 52.8 Å². The second-order valence-electron chi connectivity index (χ2n) is 7.50. The monoisotopic (exact) mass is 340 g/mol. The minimum Gasteiger partial charge on any atom is -0.500 e. The number of nitrogens with zero attached hydrogens (tertiary/aromatic N) is 1. The van der Waals surface area contributed by atoms with Crippen molar-refractivity contribution in [3.8, 4) is 5.75 Å². The van der Waals surface area contributed by atoms with E-state index in [9.17, 15) is 0 Å². The number of nitrogens with one attached hydrogen (secondary N) is 1. The quantitative estimate of drug-likeness (QED) is 0.840. The largest absolute Gasteiger partial charge is 0.500 e. The Labute approximate surface area is 150 Å². The minimum absolute atomic E-state index is 0.152. The van der Waals surface area contributed by atoms with Crippen molar-refractivity contribution in [1.82, 2.24) is 10.2 Å². The summed E-state index contributed by atoms with van der Waals surface area (Å²) in [5.41, 5.74) is 4.07. The Balaban J connectivity index is 1.81. The highest BCUT2D eigenvalue weighted by Gasteiger charge is 2.30. The number of ether oxygens (including phenoxy) is 2. The number of piperazine rings is 1. The SMILES string of the molecule is COC1=CCC2=C[C@@H]1c1cc(ccc1OC)C[C@H]1CN[C@@H](C2)CN1C. The zero-order valence-electron chi connectivity index (χ0n) is 15.4. The number of rotatable bonds is 2. The van der Waals surface area contributed by atoms with Crippen molar-refractivity contribution in [2.75, 3.05) is 34.4 Å². The summed E-state index contributed by atoms with van der Waals surface area (Å²) in [5, 5.41) is 3.77. The summed E-state index contributed by atoms with van der Waals surface area (Å²) in [6.45, 7) is 2.16. The third-order valence-electron chi connectivity index (χ3n) is 5.89. The van der Waals surface area contributed by atoms with Gasteiger partial charge in [0.1, 0.15) is 11.5 Å². The number of allylic oxidation sites excluding steroid dienone is 2. The summed E-state index contributed by atoms with van der Waals surface area (Å²) in [5.74, 6) is 2.13. The fraction of sp³-hybridized carbons (Fsp3) is 0.524. The van der Waals surface area contributed by atoms with E-state index in [0.29, 0.717) is 12.1 Å². The van der Waals surface area contributed by atoms with Crippen LogP contribution in [-0.4, -0.2) is 51.3 Å². The van der Waals surface area contributed by atoms with E-state index in [1.807, 2.05) is 0 Å². The molecule has 0 amide bonds. The zero-order chi connectivity index (χ0) is 17.4. The molecule has 1 aromatic carbocycles. The second kappa shape index (κ2) is 6.85. The van der Waals surface area contributed by atoms with Crippen LogP contribution in [0.5, 0.6) is 5.75 Å². The predicted molar refractivity (Wildman–Crippen MR) is 100 cm³/mol. The van der Waals surface area contributed by atoms with Crippen molar-refractivity contribution in [2.45, 2.75) is 37.3 Å². The Morgan fingerprint density at radius 3 is 2.80 bits per heavy atom. The van der Waals surface area contributed by atoms with Crippen molar-refractivity contribution < 1.29 is 9.47 Å². The van der Waals surface area contributed by atoms with Gasteiger partial charge in [-0.1, -0.05) is 23.8 Å². The molecule has 134 valence electrons. The Bertz CT molecular complexity index is 710. The van der Waals surface area contributed by atoms with E-state index in [1.54, 1.807) is 14.2 Å². The molecule has 0 spiro atoms. The van der Waals surface area contributed by atoms with Gasteiger partial charge in [-0.05, 0) is 44.0 Å². The van der Waals surface area contributed by atoms with Gasteiger partial charge in [-0.2, -0.15) is 0 Å². The number of fused-ring (bicyclic) bond motifs is 2. The third-order valence-corrected chi connectivity index (χ3v) is 5.89. The van der Waals surface area contributed by atoms with Crippen LogP contribution >= 0.6 is 0 Å². The van der Waals surface area contributed by atoms with Crippen LogP contribution in [0.2, 0.25) is 0 Å². The summed E-state index contributed by atoms with van der Waals surface area (Å²) in [4.78, 5) is 2.52. The van der Waals surface area contributed by atoms with Crippen molar-refractivity contribution in [1.29, 1.82) is 0 Å². The van der Waals surface area contributed by atoms with Crippen LogP contribution in [0.4, 0.5) is 0 Å². The van der Waals surface area contributed by atoms with E-state index < -0.39 is 0 Å². The Morgan fingerprint density at radius 2 is 2.04 bits per heavy atom. The van der Waals surface area contributed by atoms with Gasteiger partial charge in [0.25, 0.3) is 0 Å². The maximum atomic E-state index is 5.71. The van der Waals surface area contributed by atoms with Gasteiger partial charge in [-0.15, -0.1) is 0 Å². The van der Waals surface area contributed by atoms with Gasteiger partial charge in [0, 0.05) is 30.7 Å². The fourth-order valence-corrected chi connectivity index (χ4v) is 4.48. The molecule has 5 rings (SSSR count). The lowest BCUT2D eigenvalue weighted by Crippen LogP contribution is -2.55. The highest BCUT2D eigenvalue weighted by atomic mass is 16.5. The van der Waals surface area contributed by atoms with Gasteiger partial charge in [0.05, 0.1) is 20.1 Å². The number of hydrogen-bond acceptors (Lipinski definition) is 4. The van der Waals surface area contributed by atoms with Crippen molar-refractivity contribution >= 4 is 0 Å². The Kier molecular flexibility index (Phi) is 4.57. The minimum atomic E-state index is 0.152. The summed E-state index contributed by atoms with van der Waals surface area (Å²) >= 11 is 0. The third kappa shape index (κ3) is 3.21. The average molecular weight is 340 g/mol. The first kappa shape index (κ1) is 16.7. The summed E-state index contributed by atoms with van der Waals surface area (Å²) in [6.07, 6.45) is 7.78. The first-order valence-corrected chi connectivity index (χ1v) is 9.22. The normalized spacial score (nSPS) is 29.2. The number of likely N-dealkylation sites (N-methyl/N-ethyl adjacent to an activating group) is 1. The van der Waals surface area contributed by atoms with E-state index in [1.165, 1.54) is 16.7 Å². The number of benzene rings is 1. The number of methoxy groups -OCH3 is 2. The molecular weight excluding hydrogens is 312 g/mol. The standard InChI is InChI=1S/C21H28N2O2/c1-23-13-16-8-14-4-6-20(24-2)18(10-14)19-11-15(5-7-21(19)25-3)9-17(23)12-22-16/h5-7,10-11,16-18,22H,4,8-9,12-13H2,1-3H3/t16-,17-,18+/m0/s1. The number of hydrogen-bond donors (Lipinski definition) is 1. The van der Waals surface area contributed by atoms with E-state index in [4.69, 9.17) is 9.47 Å². The molecule has 0 saturated carbocycles. The van der Waals surface area contributed by atoms with Crippen LogP contribution in [0, 0.1) is 0 Å². The van der Waals surface area contributed by atoms with Gasteiger partial charge in [-0.3, -0.25) is 0 Å². The van der Waals surface area contributed by atoms with Gasteiger partial charge in [-0.25, -0.2) is 0 Å². The molecule has 0 aromatic heterocycles. The molecule has 3 atom stereocenters. The van der Waals surface area contributed by atoms with Crippen LogP contribution in [0.25, 0.3) is 0 Å². The zero-order valence-corrected chi connectivity index (χ0v) is 15.4. The molecule has 1 fully saturated rings. The lowest BCUT2D eigenvalue weighted by molar-refractivity contribution is 0.161. The average Bonchev–Trinajstić information content (AvgIpc) is 2.63. The molecular formula is C21H28N2O2. The van der Waals surface area contributed by atoms with Gasteiger partial charge >= 0.3 is 0 Å².